The molecule has 0 radical (unpaired) electrons. The third kappa shape index (κ3) is 3.37. The van der Waals surface area contributed by atoms with E-state index >= 15 is 0 Å². The maximum Gasteiger partial charge on any atom is 0.0939 e. The van der Waals surface area contributed by atoms with Crippen LogP contribution < -0.4 is 5.32 Å². The van der Waals surface area contributed by atoms with Crippen molar-refractivity contribution >= 4 is 11.8 Å². The lowest BCUT2D eigenvalue weighted by Gasteiger charge is -2.40. The quantitative estimate of drug-likeness (QED) is 0.817. The van der Waals surface area contributed by atoms with Gasteiger partial charge in [-0.15, -0.1) is 0 Å². The number of thioether (sulfide) groups is 1. The molecule has 2 aliphatic heterocycles. The summed E-state index contributed by atoms with van der Waals surface area (Å²) in [6.45, 7) is 2.59. The molecule has 100 valence electrons. The maximum absolute atomic E-state index is 6.00. The van der Waals surface area contributed by atoms with E-state index in [1.54, 1.807) is 0 Å². The number of nitrogens with one attached hydrogen (secondary N) is 1. The van der Waals surface area contributed by atoms with Crippen molar-refractivity contribution in [1.29, 1.82) is 0 Å². The van der Waals surface area contributed by atoms with Gasteiger partial charge in [-0.05, 0) is 44.2 Å². The van der Waals surface area contributed by atoms with Crippen LogP contribution in [0.3, 0.4) is 0 Å². The molecule has 4 heteroatoms. The van der Waals surface area contributed by atoms with Crippen molar-refractivity contribution in [2.75, 3.05) is 38.9 Å². The van der Waals surface area contributed by atoms with Crippen LogP contribution in [0.25, 0.3) is 0 Å². The zero-order valence-corrected chi connectivity index (χ0v) is 11.9. The van der Waals surface area contributed by atoms with Crippen LogP contribution in [0.4, 0.5) is 0 Å². The molecular weight excluding hydrogens is 234 g/mol. The van der Waals surface area contributed by atoms with Gasteiger partial charge in [0, 0.05) is 25.7 Å². The van der Waals surface area contributed by atoms with Gasteiger partial charge in [0.15, 0.2) is 0 Å². The van der Waals surface area contributed by atoms with E-state index in [0.29, 0.717) is 6.04 Å². The molecule has 2 rings (SSSR count). The topological polar surface area (TPSA) is 30.5 Å². The minimum absolute atomic E-state index is 0.0530. The van der Waals surface area contributed by atoms with Crippen LogP contribution in [-0.2, 0) is 9.47 Å². The predicted molar refractivity (Wildman–Crippen MR) is 72.7 cm³/mol. The van der Waals surface area contributed by atoms with Crippen molar-refractivity contribution < 1.29 is 9.47 Å². The minimum Gasteiger partial charge on any atom is -0.378 e. The summed E-state index contributed by atoms with van der Waals surface area (Å²) < 4.78 is 11.5. The molecule has 0 amide bonds. The van der Waals surface area contributed by atoms with E-state index in [9.17, 15) is 0 Å². The summed E-state index contributed by atoms with van der Waals surface area (Å²) in [7, 11) is 2.10. The van der Waals surface area contributed by atoms with Crippen LogP contribution in [0.5, 0.6) is 0 Å². The summed E-state index contributed by atoms with van der Waals surface area (Å²) >= 11 is 1.94. The molecule has 3 nitrogen and oxygen atoms in total. The highest BCUT2D eigenvalue weighted by atomic mass is 32.2. The Labute approximate surface area is 109 Å². The number of rotatable bonds is 5. The van der Waals surface area contributed by atoms with Crippen molar-refractivity contribution in [2.45, 2.75) is 37.3 Å². The van der Waals surface area contributed by atoms with E-state index in [4.69, 9.17) is 9.47 Å². The first-order valence-electron chi connectivity index (χ1n) is 6.67. The SMILES string of the molecule is CNC(CCSC)C1CCOC2(CCOC2)C1. The molecule has 3 atom stereocenters. The number of hydrogen-bond donors (Lipinski definition) is 1. The van der Waals surface area contributed by atoms with Crippen LogP contribution in [0.1, 0.15) is 25.7 Å². The lowest BCUT2D eigenvalue weighted by molar-refractivity contribution is -0.102. The van der Waals surface area contributed by atoms with Gasteiger partial charge in [-0.2, -0.15) is 11.8 Å². The fraction of sp³-hybridized carbons (Fsp3) is 1.00. The second-order valence-corrected chi connectivity index (χ2v) is 6.25. The van der Waals surface area contributed by atoms with Crippen molar-refractivity contribution in [3.8, 4) is 0 Å². The molecule has 3 unspecified atom stereocenters. The Hall–Kier alpha value is 0.230. The molecule has 2 fully saturated rings. The van der Waals surface area contributed by atoms with E-state index in [1.807, 2.05) is 11.8 Å². The van der Waals surface area contributed by atoms with Crippen LogP contribution in [-0.4, -0.2) is 50.5 Å². The Morgan fingerprint density at radius 3 is 3.00 bits per heavy atom. The summed E-state index contributed by atoms with van der Waals surface area (Å²) in [6.07, 6.45) is 6.90. The summed E-state index contributed by atoms with van der Waals surface area (Å²) in [5, 5.41) is 3.50. The second kappa shape index (κ2) is 6.41. The third-order valence-corrected chi connectivity index (χ3v) is 4.81. The van der Waals surface area contributed by atoms with E-state index in [1.165, 1.54) is 25.0 Å². The van der Waals surface area contributed by atoms with Gasteiger partial charge < -0.3 is 14.8 Å². The maximum atomic E-state index is 6.00. The fourth-order valence-corrected chi connectivity index (χ4v) is 3.62. The smallest absolute Gasteiger partial charge is 0.0939 e. The summed E-state index contributed by atoms with van der Waals surface area (Å²) in [4.78, 5) is 0. The van der Waals surface area contributed by atoms with Crippen molar-refractivity contribution in [2.24, 2.45) is 5.92 Å². The molecule has 2 aliphatic rings. The van der Waals surface area contributed by atoms with Crippen LogP contribution in [0.2, 0.25) is 0 Å². The zero-order valence-electron chi connectivity index (χ0n) is 11.0. The molecule has 17 heavy (non-hydrogen) atoms. The molecule has 0 saturated carbocycles. The van der Waals surface area contributed by atoms with Gasteiger partial charge in [-0.25, -0.2) is 0 Å². The van der Waals surface area contributed by atoms with Crippen LogP contribution in [0, 0.1) is 5.92 Å². The van der Waals surface area contributed by atoms with Crippen LogP contribution in [0.15, 0.2) is 0 Å². The summed E-state index contributed by atoms with van der Waals surface area (Å²) in [5.74, 6) is 1.99. The standard InChI is InChI=1S/C13H25NO2S/c1-14-12(4-8-17-2)11-3-6-16-13(9-11)5-7-15-10-13/h11-12,14H,3-10H2,1-2H3. The Balaban J connectivity index is 1.90. The highest BCUT2D eigenvalue weighted by molar-refractivity contribution is 7.98. The van der Waals surface area contributed by atoms with Crippen molar-refractivity contribution in [3.63, 3.8) is 0 Å². The average Bonchev–Trinajstić information content (AvgIpc) is 2.78. The van der Waals surface area contributed by atoms with Gasteiger partial charge in [0.1, 0.15) is 0 Å². The van der Waals surface area contributed by atoms with Gasteiger partial charge in [0.05, 0.1) is 12.2 Å². The molecule has 0 bridgehead atoms. The Morgan fingerprint density at radius 1 is 1.47 bits per heavy atom. The highest BCUT2D eigenvalue weighted by Gasteiger charge is 2.42. The first kappa shape index (κ1) is 13.7. The van der Waals surface area contributed by atoms with E-state index in [0.717, 1.165) is 32.2 Å². The second-order valence-electron chi connectivity index (χ2n) is 5.26. The van der Waals surface area contributed by atoms with Gasteiger partial charge in [-0.1, -0.05) is 0 Å². The van der Waals surface area contributed by atoms with Gasteiger partial charge >= 0.3 is 0 Å². The van der Waals surface area contributed by atoms with Crippen molar-refractivity contribution in [3.05, 3.63) is 0 Å². The Bertz CT molecular complexity index is 231. The highest BCUT2D eigenvalue weighted by Crippen LogP contribution is 2.37. The van der Waals surface area contributed by atoms with Gasteiger partial charge in [-0.3, -0.25) is 0 Å². The molecule has 2 heterocycles. The molecule has 2 saturated heterocycles. The lowest BCUT2D eigenvalue weighted by atomic mass is 9.80. The van der Waals surface area contributed by atoms with E-state index < -0.39 is 0 Å². The van der Waals surface area contributed by atoms with Gasteiger partial charge in [0.25, 0.3) is 0 Å². The van der Waals surface area contributed by atoms with Gasteiger partial charge in [0.2, 0.25) is 0 Å². The first-order valence-corrected chi connectivity index (χ1v) is 8.07. The number of ether oxygens (including phenoxy) is 2. The first-order chi connectivity index (χ1) is 8.29. The summed E-state index contributed by atoms with van der Waals surface area (Å²) in [5.41, 5.74) is 0.0530. The van der Waals surface area contributed by atoms with Crippen molar-refractivity contribution in [1.82, 2.24) is 5.32 Å². The molecule has 1 spiro atoms. The number of hydrogen-bond acceptors (Lipinski definition) is 4. The zero-order chi connectivity index (χ0) is 12.1. The largest absolute Gasteiger partial charge is 0.378 e. The molecule has 1 N–H and O–H groups in total. The normalized spacial score (nSPS) is 35.3. The molecular formula is C13H25NO2S. The summed E-state index contributed by atoms with van der Waals surface area (Å²) in [6, 6.07) is 0.642. The minimum atomic E-state index is 0.0530. The van der Waals surface area contributed by atoms with E-state index in [-0.39, 0.29) is 5.60 Å². The Kier molecular flexibility index (Phi) is 5.15. The molecule has 0 aromatic carbocycles. The van der Waals surface area contributed by atoms with E-state index in [2.05, 4.69) is 18.6 Å². The third-order valence-electron chi connectivity index (χ3n) is 4.17. The van der Waals surface area contributed by atoms with Crippen LogP contribution >= 0.6 is 11.8 Å². The molecule has 0 aliphatic carbocycles. The fourth-order valence-electron chi connectivity index (χ4n) is 3.13. The lowest BCUT2D eigenvalue weighted by Crippen LogP contribution is -2.46. The molecule has 0 aromatic heterocycles. The monoisotopic (exact) mass is 259 g/mol. The predicted octanol–water partition coefficient (Wildman–Crippen LogP) is 1.91. The average molecular weight is 259 g/mol. The Morgan fingerprint density at radius 2 is 2.35 bits per heavy atom. The molecule has 0 aromatic rings.